The van der Waals surface area contributed by atoms with Gasteiger partial charge in [0.1, 0.15) is 0 Å². The quantitative estimate of drug-likeness (QED) is 0.637. The molecule has 2 aromatic rings. The highest BCUT2D eigenvalue weighted by atomic mass is 16.5. The summed E-state index contributed by atoms with van der Waals surface area (Å²) >= 11 is 0. The fourth-order valence-corrected chi connectivity index (χ4v) is 4.37. The third-order valence-electron chi connectivity index (χ3n) is 5.40. The van der Waals surface area contributed by atoms with Gasteiger partial charge in [0.2, 0.25) is 0 Å². The number of aldehydes is 1. The Morgan fingerprint density at radius 2 is 1.84 bits per heavy atom. The summed E-state index contributed by atoms with van der Waals surface area (Å²) < 4.78 is 4.81. The minimum Gasteiger partial charge on any atom is -0.465 e. The Bertz CT molecular complexity index is 823. The minimum absolute atomic E-state index is 0.256. The number of fused-ring (bicyclic) bond motifs is 1. The van der Waals surface area contributed by atoms with Gasteiger partial charge in [-0.1, -0.05) is 30.3 Å². The molecule has 4 nitrogen and oxygen atoms in total. The number of carbonyl (C=O) groups excluding carboxylic acids is 2. The minimum atomic E-state index is -0.440. The SMILES string of the molecule is COC(=O)c1cc2c(cc1C=O)CC1(C2)CN(Cc2ccccc2)C1. The molecule has 0 bridgehead atoms. The average molecular weight is 335 g/mol. The number of hydrogen-bond acceptors (Lipinski definition) is 4. The number of carbonyl (C=O) groups is 2. The largest absolute Gasteiger partial charge is 0.465 e. The van der Waals surface area contributed by atoms with Gasteiger partial charge in [-0.05, 0) is 41.7 Å². The number of methoxy groups -OCH3 is 1. The van der Waals surface area contributed by atoms with Crippen molar-refractivity contribution in [2.75, 3.05) is 20.2 Å². The third kappa shape index (κ3) is 2.87. The van der Waals surface area contributed by atoms with Crippen molar-refractivity contribution in [1.29, 1.82) is 0 Å². The molecule has 1 heterocycles. The molecule has 0 unspecified atom stereocenters. The molecule has 0 aromatic heterocycles. The molecule has 1 fully saturated rings. The van der Waals surface area contributed by atoms with E-state index in [4.69, 9.17) is 4.74 Å². The van der Waals surface area contributed by atoms with Gasteiger partial charge in [0.15, 0.2) is 6.29 Å². The van der Waals surface area contributed by atoms with Gasteiger partial charge < -0.3 is 4.74 Å². The van der Waals surface area contributed by atoms with E-state index in [9.17, 15) is 9.59 Å². The second kappa shape index (κ2) is 6.12. The number of ether oxygens (including phenoxy) is 1. The highest BCUT2D eigenvalue weighted by Gasteiger charge is 2.46. The van der Waals surface area contributed by atoms with Gasteiger partial charge in [0.25, 0.3) is 0 Å². The van der Waals surface area contributed by atoms with Gasteiger partial charge >= 0.3 is 5.97 Å². The van der Waals surface area contributed by atoms with Crippen LogP contribution in [0.2, 0.25) is 0 Å². The summed E-state index contributed by atoms with van der Waals surface area (Å²) in [6.07, 6.45) is 2.70. The van der Waals surface area contributed by atoms with Crippen LogP contribution in [0, 0.1) is 5.41 Å². The smallest absolute Gasteiger partial charge is 0.338 e. The predicted octanol–water partition coefficient (Wildman–Crippen LogP) is 2.89. The highest BCUT2D eigenvalue weighted by molar-refractivity contribution is 5.98. The van der Waals surface area contributed by atoms with Crippen molar-refractivity contribution in [3.8, 4) is 0 Å². The molecule has 2 aliphatic rings. The first-order valence-corrected chi connectivity index (χ1v) is 8.58. The molecule has 1 aliphatic carbocycles. The Kier molecular flexibility index (Phi) is 3.92. The number of benzene rings is 2. The molecule has 4 heteroatoms. The second-order valence-corrected chi connectivity index (χ2v) is 7.30. The number of likely N-dealkylation sites (tertiary alicyclic amines) is 1. The maximum absolute atomic E-state index is 11.9. The maximum Gasteiger partial charge on any atom is 0.338 e. The molecule has 128 valence electrons. The van der Waals surface area contributed by atoms with E-state index < -0.39 is 5.97 Å². The van der Waals surface area contributed by atoms with Gasteiger partial charge in [0, 0.05) is 30.6 Å². The molecule has 0 N–H and O–H groups in total. The van der Waals surface area contributed by atoms with Crippen molar-refractivity contribution in [3.63, 3.8) is 0 Å². The fourth-order valence-electron chi connectivity index (χ4n) is 4.37. The van der Waals surface area contributed by atoms with Crippen LogP contribution in [0.25, 0.3) is 0 Å². The van der Waals surface area contributed by atoms with E-state index in [0.717, 1.165) is 38.8 Å². The molecular formula is C21H21NO3. The van der Waals surface area contributed by atoms with Crippen molar-refractivity contribution in [1.82, 2.24) is 4.90 Å². The lowest BCUT2D eigenvalue weighted by Crippen LogP contribution is -2.56. The lowest BCUT2D eigenvalue weighted by molar-refractivity contribution is 0.00242. The van der Waals surface area contributed by atoms with Gasteiger partial charge in [-0.15, -0.1) is 0 Å². The summed E-state index contributed by atoms with van der Waals surface area (Å²) in [5.74, 6) is -0.440. The Morgan fingerprint density at radius 1 is 1.16 bits per heavy atom. The number of esters is 1. The van der Waals surface area contributed by atoms with Crippen LogP contribution >= 0.6 is 0 Å². The van der Waals surface area contributed by atoms with Gasteiger partial charge in [-0.2, -0.15) is 0 Å². The molecule has 1 saturated heterocycles. The first-order chi connectivity index (χ1) is 12.1. The van der Waals surface area contributed by atoms with Crippen molar-refractivity contribution < 1.29 is 14.3 Å². The zero-order valence-electron chi connectivity index (χ0n) is 14.3. The molecule has 4 rings (SSSR count). The van der Waals surface area contributed by atoms with Crippen LogP contribution < -0.4 is 0 Å². The summed E-state index contributed by atoms with van der Waals surface area (Å²) in [6.45, 7) is 3.09. The zero-order valence-corrected chi connectivity index (χ0v) is 14.3. The van der Waals surface area contributed by atoms with Crippen molar-refractivity contribution in [2.45, 2.75) is 19.4 Å². The van der Waals surface area contributed by atoms with E-state index in [1.54, 1.807) is 0 Å². The normalized spacial score (nSPS) is 17.8. The van der Waals surface area contributed by atoms with Gasteiger partial charge in [0.05, 0.1) is 12.7 Å². The van der Waals surface area contributed by atoms with E-state index in [2.05, 4.69) is 29.2 Å². The Morgan fingerprint density at radius 3 is 2.48 bits per heavy atom. The average Bonchev–Trinajstić information content (AvgIpc) is 2.98. The fraction of sp³-hybridized carbons (Fsp3) is 0.333. The van der Waals surface area contributed by atoms with Crippen LogP contribution in [-0.4, -0.2) is 37.4 Å². The molecule has 1 aliphatic heterocycles. The Hall–Kier alpha value is -2.46. The van der Waals surface area contributed by atoms with Gasteiger partial charge in [-0.25, -0.2) is 4.79 Å². The summed E-state index contributed by atoms with van der Waals surface area (Å²) in [5.41, 5.74) is 4.80. The van der Waals surface area contributed by atoms with Crippen molar-refractivity contribution in [3.05, 3.63) is 70.3 Å². The first-order valence-electron chi connectivity index (χ1n) is 8.58. The van der Waals surface area contributed by atoms with E-state index >= 15 is 0 Å². The monoisotopic (exact) mass is 335 g/mol. The zero-order chi connectivity index (χ0) is 17.4. The predicted molar refractivity (Wildman–Crippen MR) is 94.7 cm³/mol. The molecular weight excluding hydrogens is 314 g/mol. The molecule has 25 heavy (non-hydrogen) atoms. The highest BCUT2D eigenvalue weighted by Crippen LogP contribution is 2.45. The maximum atomic E-state index is 11.9. The summed E-state index contributed by atoms with van der Waals surface area (Å²) in [7, 11) is 1.35. The van der Waals surface area contributed by atoms with E-state index in [1.807, 2.05) is 18.2 Å². The molecule has 2 aromatic carbocycles. The van der Waals surface area contributed by atoms with Crippen LogP contribution in [0.15, 0.2) is 42.5 Å². The standard InChI is InChI=1S/C21H21NO3/c1-25-20(24)19-8-17-10-21(9-16(17)7-18(19)12-23)13-22(14-21)11-15-5-3-2-4-6-15/h2-8,12H,9-11,13-14H2,1H3. The van der Waals surface area contributed by atoms with Gasteiger partial charge in [-0.3, -0.25) is 9.69 Å². The van der Waals surface area contributed by atoms with Crippen molar-refractivity contribution in [2.24, 2.45) is 5.41 Å². The summed E-state index contributed by atoms with van der Waals surface area (Å²) in [4.78, 5) is 25.7. The molecule has 0 amide bonds. The van der Waals surface area contributed by atoms with E-state index in [0.29, 0.717) is 11.1 Å². The second-order valence-electron chi connectivity index (χ2n) is 7.30. The third-order valence-corrected chi connectivity index (χ3v) is 5.40. The van der Waals surface area contributed by atoms with Crippen LogP contribution in [0.4, 0.5) is 0 Å². The molecule has 0 saturated carbocycles. The van der Waals surface area contributed by atoms with E-state index in [-0.39, 0.29) is 5.41 Å². The summed E-state index contributed by atoms with van der Waals surface area (Å²) in [6, 6.07) is 14.2. The van der Waals surface area contributed by atoms with E-state index in [1.165, 1.54) is 23.8 Å². The lowest BCUT2D eigenvalue weighted by atomic mass is 9.77. The van der Waals surface area contributed by atoms with Crippen LogP contribution in [-0.2, 0) is 24.1 Å². The Balaban J connectivity index is 1.49. The lowest BCUT2D eigenvalue weighted by Gasteiger charge is -2.48. The first kappa shape index (κ1) is 16.0. The number of rotatable bonds is 4. The number of nitrogens with zero attached hydrogens (tertiary/aromatic N) is 1. The molecule has 1 spiro atoms. The van der Waals surface area contributed by atoms with Crippen molar-refractivity contribution >= 4 is 12.3 Å². The molecule has 0 atom stereocenters. The van der Waals surface area contributed by atoms with Crippen LogP contribution in [0.1, 0.15) is 37.4 Å². The number of hydrogen-bond donors (Lipinski definition) is 0. The molecule has 0 radical (unpaired) electrons. The summed E-state index contributed by atoms with van der Waals surface area (Å²) in [5, 5.41) is 0. The van der Waals surface area contributed by atoms with Crippen LogP contribution in [0.3, 0.4) is 0 Å². The topological polar surface area (TPSA) is 46.6 Å². The Labute approximate surface area is 147 Å². The van der Waals surface area contributed by atoms with Crippen LogP contribution in [0.5, 0.6) is 0 Å².